The van der Waals surface area contributed by atoms with Crippen LogP contribution in [0.25, 0.3) is 11.5 Å². The SMILES string of the molecule is CCCNc1cc(-c2ccc(Br)o2)[nH]n1. The predicted octanol–water partition coefficient (Wildman–Crippen LogP) is 3.25. The molecule has 2 N–H and O–H groups in total. The Bertz CT molecular complexity index is 435. The van der Waals surface area contributed by atoms with Crippen molar-refractivity contribution in [3.63, 3.8) is 0 Å². The van der Waals surface area contributed by atoms with Crippen LogP contribution in [-0.4, -0.2) is 16.7 Å². The summed E-state index contributed by atoms with van der Waals surface area (Å²) in [5.41, 5.74) is 0.874. The molecule has 0 aliphatic carbocycles. The van der Waals surface area contributed by atoms with Gasteiger partial charge in [0.15, 0.2) is 10.4 Å². The number of hydrogen-bond acceptors (Lipinski definition) is 3. The lowest BCUT2D eigenvalue weighted by Gasteiger charge is -1.96. The zero-order valence-corrected chi connectivity index (χ0v) is 9.97. The first-order valence-corrected chi connectivity index (χ1v) is 5.64. The first-order valence-electron chi connectivity index (χ1n) is 4.84. The molecule has 2 heterocycles. The number of nitrogens with zero attached hydrogens (tertiary/aromatic N) is 1. The van der Waals surface area contributed by atoms with Crippen molar-refractivity contribution in [3.8, 4) is 11.5 Å². The highest BCUT2D eigenvalue weighted by Crippen LogP contribution is 2.24. The zero-order valence-electron chi connectivity index (χ0n) is 8.38. The lowest BCUT2D eigenvalue weighted by molar-refractivity contribution is 0.553. The third-order valence-electron chi connectivity index (χ3n) is 1.97. The van der Waals surface area contributed by atoms with E-state index in [1.165, 1.54) is 0 Å². The number of H-pyrrole nitrogens is 1. The van der Waals surface area contributed by atoms with E-state index in [9.17, 15) is 0 Å². The van der Waals surface area contributed by atoms with Gasteiger partial charge in [0.1, 0.15) is 11.5 Å². The quantitative estimate of drug-likeness (QED) is 0.896. The summed E-state index contributed by atoms with van der Waals surface area (Å²) in [6, 6.07) is 5.68. The van der Waals surface area contributed by atoms with Gasteiger partial charge < -0.3 is 9.73 Å². The van der Waals surface area contributed by atoms with Crippen LogP contribution in [0.15, 0.2) is 27.3 Å². The Hall–Kier alpha value is -1.23. The number of furan rings is 1. The van der Waals surface area contributed by atoms with Crippen LogP contribution < -0.4 is 5.32 Å². The third-order valence-corrected chi connectivity index (χ3v) is 2.40. The molecular formula is C10H12BrN3O. The fraction of sp³-hybridized carbons (Fsp3) is 0.300. The number of anilines is 1. The van der Waals surface area contributed by atoms with Gasteiger partial charge in [-0.1, -0.05) is 6.92 Å². The summed E-state index contributed by atoms with van der Waals surface area (Å²) in [5.74, 6) is 1.62. The number of aromatic amines is 1. The minimum Gasteiger partial charge on any atom is -0.448 e. The van der Waals surface area contributed by atoms with Gasteiger partial charge in [0, 0.05) is 12.6 Å². The number of rotatable bonds is 4. The molecule has 0 aliphatic rings. The Labute approximate surface area is 96.2 Å². The molecule has 0 unspecified atom stereocenters. The second-order valence-electron chi connectivity index (χ2n) is 3.20. The molecule has 80 valence electrons. The molecule has 2 aromatic rings. The van der Waals surface area contributed by atoms with E-state index in [4.69, 9.17) is 4.42 Å². The molecule has 5 heteroatoms. The van der Waals surface area contributed by atoms with Crippen molar-refractivity contribution >= 4 is 21.7 Å². The second kappa shape index (κ2) is 4.53. The molecule has 0 radical (unpaired) electrons. The molecule has 0 saturated carbocycles. The van der Waals surface area contributed by atoms with Gasteiger partial charge in [0.2, 0.25) is 0 Å². The molecule has 0 aromatic carbocycles. The highest BCUT2D eigenvalue weighted by molar-refractivity contribution is 9.10. The largest absolute Gasteiger partial charge is 0.448 e. The van der Waals surface area contributed by atoms with Crippen LogP contribution in [0.5, 0.6) is 0 Å². The summed E-state index contributed by atoms with van der Waals surface area (Å²) in [6.45, 7) is 3.04. The first-order chi connectivity index (χ1) is 7.29. The van der Waals surface area contributed by atoms with Gasteiger partial charge in [-0.2, -0.15) is 5.10 Å². The molecule has 15 heavy (non-hydrogen) atoms. The van der Waals surface area contributed by atoms with Crippen LogP contribution >= 0.6 is 15.9 Å². The minimum atomic E-state index is 0.718. The highest BCUT2D eigenvalue weighted by Gasteiger charge is 2.06. The Morgan fingerprint density at radius 1 is 1.53 bits per heavy atom. The van der Waals surface area contributed by atoms with Gasteiger partial charge in [0.25, 0.3) is 0 Å². The van der Waals surface area contributed by atoms with E-state index >= 15 is 0 Å². The molecule has 0 atom stereocenters. The van der Waals surface area contributed by atoms with E-state index in [-0.39, 0.29) is 0 Å². The van der Waals surface area contributed by atoms with Gasteiger partial charge in [-0.15, -0.1) is 0 Å². The molecule has 0 saturated heterocycles. The number of halogens is 1. The van der Waals surface area contributed by atoms with Crippen LogP contribution in [0.1, 0.15) is 13.3 Å². The van der Waals surface area contributed by atoms with Crippen molar-refractivity contribution in [1.82, 2.24) is 10.2 Å². The van der Waals surface area contributed by atoms with E-state index in [0.717, 1.165) is 34.9 Å². The smallest absolute Gasteiger partial charge is 0.169 e. The Morgan fingerprint density at radius 3 is 3.07 bits per heavy atom. The van der Waals surface area contributed by atoms with Crippen LogP contribution in [0.4, 0.5) is 5.82 Å². The van der Waals surface area contributed by atoms with Crippen LogP contribution in [0.2, 0.25) is 0 Å². The van der Waals surface area contributed by atoms with Crippen molar-refractivity contribution in [2.45, 2.75) is 13.3 Å². The summed E-state index contributed by atoms with van der Waals surface area (Å²) in [5, 5.41) is 10.2. The molecule has 0 amide bonds. The predicted molar refractivity (Wildman–Crippen MR) is 62.8 cm³/mol. The molecule has 0 spiro atoms. The monoisotopic (exact) mass is 269 g/mol. The van der Waals surface area contributed by atoms with Crippen LogP contribution in [0.3, 0.4) is 0 Å². The summed E-state index contributed by atoms with van der Waals surface area (Å²) in [4.78, 5) is 0. The minimum absolute atomic E-state index is 0.718. The average Bonchev–Trinajstić information content (AvgIpc) is 2.83. The van der Waals surface area contributed by atoms with Gasteiger partial charge >= 0.3 is 0 Å². The summed E-state index contributed by atoms with van der Waals surface area (Å²) in [7, 11) is 0. The van der Waals surface area contributed by atoms with Crippen molar-refractivity contribution in [3.05, 3.63) is 22.9 Å². The van der Waals surface area contributed by atoms with Gasteiger partial charge in [-0.05, 0) is 34.5 Å². The lowest BCUT2D eigenvalue weighted by Crippen LogP contribution is -1.99. The Morgan fingerprint density at radius 2 is 2.40 bits per heavy atom. The maximum atomic E-state index is 5.40. The molecule has 2 aromatic heterocycles. The molecule has 0 bridgehead atoms. The van der Waals surface area contributed by atoms with Crippen LogP contribution in [-0.2, 0) is 0 Å². The summed E-state index contributed by atoms with van der Waals surface area (Å²) >= 11 is 3.26. The summed E-state index contributed by atoms with van der Waals surface area (Å²) in [6.07, 6.45) is 1.08. The average molecular weight is 270 g/mol. The Kier molecular flexibility index (Phi) is 3.11. The van der Waals surface area contributed by atoms with Crippen molar-refractivity contribution in [1.29, 1.82) is 0 Å². The first kappa shape index (κ1) is 10.3. The summed E-state index contributed by atoms with van der Waals surface area (Å²) < 4.78 is 6.12. The number of nitrogens with one attached hydrogen (secondary N) is 2. The molecule has 4 nitrogen and oxygen atoms in total. The standard InChI is InChI=1S/C10H12BrN3O/c1-2-5-12-10-6-7(13-14-10)8-3-4-9(11)15-8/h3-4,6H,2,5H2,1H3,(H2,12,13,14). The highest BCUT2D eigenvalue weighted by atomic mass is 79.9. The third kappa shape index (κ3) is 2.41. The van der Waals surface area contributed by atoms with Crippen molar-refractivity contribution < 1.29 is 4.42 Å². The van der Waals surface area contributed by atoms with E-state index in [1.807, 2.05) is 18.2 Å². The van der Waals surface area contributed by atoms with E-state index < -0.39 is 0 Å². The molecule has 2 rings (SSSR count). The lowest BCUT2D eigenvalue weighted by atomic mass is 10.3. The van der Waals surface area contributed by atoms with E-state index in [2.05, 4.69) is 38.4 Å². The van der Waals surface area contributed by atoms with Gasteiger partial charge in [0.05, 0.1) is 0 Å². The second-order valence-corrected chi connectivity index (χ2v) is 3.98. The Balaban J connectivity index is 2.13. The topological polar surface area (TPSA) is 53.9 Å². The van der Waals surface area contributed by atoms with E-state index in [1.54, 1.807) is 0 Å². The maximum absolute atomic E-state index is 5.40. The van der Waals surface area contributed by atoms with Gasteiger partial charge in [-0.3, -0.25) is 5.10 Å². The number of aromatic nitrogens is 2. The van der Waals surface area contributed by atoms with Crippen molar-refractivity contribution in [2.24, 2.45) is 0 Å². The fourth-order valence-electron chi connectivity index (χ4n) is 1.25. The molecular weight excluding hydrogens is 258 g/mol. The van der Waals surface area contributed by atoms with Crippen LogP contribution in [0, 0.1) is 0 Å². The van der Waals surface area contributed by atoms with E-state index in [0.29, 0.717) is 0 Å². The normalized spacial score (nSPS) is 10.5. The van der Waals surface area contributed by atoms with Crippen molar-refractivity contribution in [2.75, 3.05) is 11.9 Å². The molecule has 0 aliphatic heterocycles. The molecule has 0 fully saturated rings. The number of hydrogen-bond donors (Lipinski definition) is 2. The maximum Gasteiger partial charge on any atom is 0.169 e. The van der Waals surface area contributed by atoms with Gasteiger partial charge in [-0.25, -0.2) is 0 Å². The zero-order chi connectivity index (χ0) is 10.7. The fourth-order valence-corrected chi connectivity index (χ4v) is 1.56.